The molecule has 0 aliphatic carbocycles. The lowest BCUT2D eigenvalue weighted by Gasteiger charge is -2.36. The Hall–Kier alpha value is -2.39. The third-order valence-corrected chi connectivity index (χ3v) is 4.06. The molecule has 0 bridgehead atoms. The van der Waals surface area contributed by atoms with Crippen molar-refractivity contribution in [3.8, 4) is 11.8 Å². The number of ether oxygens (including phenoxy) is 1. The molecule has 2 atom stereocenters. The largest absolute Gasteiger partial charge is 0.494 e. The van der Waals surface area contributed by atoms with E-state index in [0.29, 0.717) is 25.0 Å². The molecule has 1 aromatic rings. The van der Waals surface area contributed by atoms with Gasteiger partial charge in [-0.1, -0.05) is 0 Å². The number of nitrogens with zero attached hydrogens (tertiary/aromatic N) is 2. The van der Waals surface area contributed by atoms with Crippen LogP contribution < -0.4 is 10.1 Å². The van der Waals surface area contributed by atoms with Gasteiger partial charge in [-0.2, -0.15) is 5.26 Å². The molecule has 2 unspecified atom stereocenters. The number of hydrogen-bond donors (Lipinski definition) is 1. The van der Waals surface area contributed by atoms with Crippen molar-refractivity contribution in [1.29, 1.82) is 5.26 Å². The summed E-state index contributed by atoms with van der Waals surface area (Å²) >= 11 is 0. The van der Waals surface area contributed by atoms with Crippen molar-refractivity contribution in [3.05, 3.63) is 29.8 Å². The van der Waals surface area contributed by atoms with Gasteiger partial charge in [-0.05, 0) is 43.5 Å². The number of amides is 1. The Bertz CT molecular complexity index is 553. The summed E-state index contributed by atoms with van der Waals surface area (Å²) in [6.07, 6.45) is 4.00. The molecule has 0 radical (unpaired) electrons. The third kappa shape index (κ3) is 5.08. The monoisotopic (exact) mass is 315 g/mol. The first-order valence-corrected chi connectivity index (χ1v) is 7.79. The Kier molecular flexibility index (Phi) is 6.57. The highest BCUT2D eigenvalue weighted by molar-refractivity contribution is 5.58. The lowest BCUT2D eigenvalue weighted by molar-refractivity contribution is -0.115. The zero-order valence-electron chi connectivity index (χ0n) is 13.0. The molecule has 1 N–H and O–H groups in total. The molecular weight excluding hydrogens is 294 g/mol. The molecule has 0 aromatic heterocycles. The van der Waals surface area contributed by atoms with Gasteiger partial charge in [0.05, 0.1) is 24.3 Å². The van der Waals surface area contributed by atoms with Gasteiger partial charge < -0.3 is 14.8 Å². The molecule has 1 aromatic carbocycles. The fraction of sp³-hybridized carbons (Fsp3) is 0.471. The summed E-state index contributed by atoms with van der Waals surface area (Å²) in [5, 5.41) is 11.5. The maximum atomic E-state index is 11.2. The maximum Gasteiger partial charge on any atom is 0.207 e. The summed E-state index contributed by atoms with van der Waals surface area (Å²) in [6.45, 7) is 2.14. The Morgan fingerprint density at radius 2 is 2.13 bits per heavy atom. The predicted molar refractivity (Wildman–Crippen MR) is 84.9 cm³/mol. The highest BCUT2D eigenvalue weighted by Gasteiger charge is 2.27. The van der Waals surface area contributed by atoms with E-state index in [1.807, 2.05) is 0 Å². The number of aldehydes is 1. The minimum atomic E-state index is -0.142. The average molecular weight is 315 g/mol. The first-order valence-electron chi connectivity index (χ1n) is 7.79. The lowest BCUT2D eigenvalue weighted by atomic mass is 9.98. The van der Waals surface area contributed by atoms with Gasteiger partial charge in [0.1, 0.15) is 12.0 Å². The molecule has 6 nitrogen and oxygen atoms in total. The fourth-order valence-electron chi connectivity index (χ4n) is 2.80. The van der Waals surface area contributed by atoms with E-state index in [1.165, 1.54) is 0 Å². The van der Waals surface area contributed by atoms with Crippen LogP contribution in [-0.2, 0) is 9.59 Å². The number of piperidine rings is 1. The summed E-state index contributed by atoms with van der Waals surface area (Å²) < 4.78 is 5.64. The van der Waals surface area contributed by atoms with Crippen molar-refractivity contribution in [2.24, 2.45) is 0 Å². The zero-order chi connectivity index (χ0) is 16.5. The molecular formula is C17H21N3O3. The molecule has 1 saturated heterocycles. The van der Waals surface area contributed by atoms with E-state index in [-0.39, 0.29) is 12.1 Å². The molecule has 1 amide bonds. The second-order valence-electron chi connectivity index (χ2n) is 5.58. The summed E-state index contributed by atoms with van der Waals surface area (Å²) in [5.74, 6) is 0.741. The quantitative estimate of drug-likeness (QED) is 0.574. The SMILES string of the molecule is N#Cc1ccc(OCCCN2CCC(NC=O)CC2C=O)cc1. The standard InChI is InChI=1S/C17H21N3O3/c18-11-14-2-4-17(5-3-14)23-9-1-7-20-8-6-15(19-13-22)10-16(20)12-21/h2-5,12-13,15-16H,1,6-10H2,(H,19,22). The first kappa shape index (κ1) is 17.0. The highest BCUT2D eigenvalue weighted by Crippen LogP contribution is 2.17. The van der Waals surface area contributed by atoms with Crippen LogP contribution in [0.5, 0.6) is 5.75 Å². The van der Waals surface area contributed by atoms with Crippen LogP contribution in [-0.4, -0.2) is 49.4 Å². The van der Waals surface area contributed by atoms with Crippen LogP contribution in [0.1, 0.15) is 24.8 Å². The van der Waals surface area contributed by atoms with Gasteiger partial charge in [0.2, 0.25) is 6.41 Å². The van der Waals surface area contributed by atoms with Gasteiger partial charge in [-0.3, -0.25) is 9.69 Å². The van der Waals surface area contributed by atoms with Crippen LogP contribution in [0.25, 0.3) is 0 Å². The van der Waals surface area contributed by atoms with E-state index in [4.69, 9.17) is 10.00 Å². The topological polar surface area (TPSA) is 82.4 Å². The van der Waals surface area contributed by atoms with E-state index in [2.05, 4.69) is 16.3 Å². The van der Waals surface area contributed by atoms with Gasteiger partial charge in [0.15, 0.2) is 0 Å². The number of nitrogens with one attached hydrogen (secondary N) is 1. The number of carbonyl (C=O) groups is 2. The minimum absolute atomic E-state index is 0.0915. The zero-order valence-corrected chi connectivity index (χ0v) is 13.0. The summed E-state index contributed by atoms with van der Waals surface area (Å²) in [7, 11) is 0. The first-order chi connectivity index (χ1) is 11.3. The predicted octanol–water partition coefficient (Wildman–Crippen LogP) is 1.11. The van der Waals surface area contributed by atoms with E-state index in [0.717, 1.165) is 38.0 Å². The average Bonchev–Trinajstić information content (AvgIpc) is 2.60. The second-order valence-corrected chi connectivity index (χ2v) is 5.58. The molecule has 0 spiro atoms. The van der Waals surface area contributed by atoms with Gasteiger partial charge in [-0.15, -0.1) is 0 Å². The van der Waals surface area contributed by atoms with E-state index in [1.54, 1.807) is 24.3 Å². The third-order valence-electron chi connectivity index (χ3n) is 4.06. The normalized spacial score (nSPS) is 21.2. The van der Waals surface area contributed by atoms with Gasteiger partial charge in [0, 0.05) is 19.1 Å². The molecule has 1 aliphatic heterocycles. The number of benzene rings is 1. The van der Waals surface area contributed by atoms with E-state index >= 15 is 0 Å². The van der Waals surface area contributed by atoms with Crippen LogP contribution in [0.3, 0.4) is 0 Å². The van der Waals surface area contributed by atoms with Gasteiger partial charge in [0.25, 0.3) is 0 Å². The van der Waals surface area contributed by atoms with E-state index in [9.17, 15) is 9.59 Å². The number of nitriles is 1. The molecule has 23 heavy (non-hydrogen) atoms. The minimum Gasteiger partial charge on any atom is -0.494 e. The second kappa shape index (κ2) is 8.91. The number of likely N-dealkylation sites (tertiary alicyclic amines) is 1. The molecule has 6 heteroatoms. The molecule has 1 aliphatic rings. The van der Waals surface area contributed by atoms with Crippen molar-refractivity contribution in [1.82, 2.24) is 10.2 Å². The Morgan fingerprint density at radius 1 is 1.35 bits per heavy atom. The number of carbonyl (C=O) groups excluding carboxylic acids is 2. The van der Waals surface area contributed by atoms with Crippen molar-refractivity contribution in [2.45, 2.75) is 31.3 Å². The molecule has 0 saturated carbocycles. The van der Waals surface area contributed by atoms with Crippen molar-refractivity contribution in [2.75, 3.05) is 19.7 Å². The number of rotatable bonds is 8. The van der Waals surface area contributed by atoms with E-state index < -0.39 is 0 Å². The maximum absolute atomic E-state index is 11.2. The van der Waals surface area contributed by atoms with Crippen LogP contribution >= 0.6 is 0 Å². The van der Waals surface area contributed by atoms with Gasteiger partial charge in [-0.25, -0.2) is 0 Å². The van der Waals surface area contributed by atoms with Crippen molar-refractivity contribution < 1.29 is 14.3 Å². The molecule has 122 valence electrons. The summed E-state index contributed by atoms with van der Waals surface area (Å²) in [5.41, 5.74) is 0.609. The Labute approximate surface area is 136 Å². The molecule has 1 fully saturated rings. The Morgan fingerprint density at radius 3 is 2.78 bits per heavy atom. The van der Waals surface area contributed by atoms with Crippen molar-refractivity contribution >= 4 is 12.7 Å². The Balaban J connectivity index is 1.71. The van der Waals surface area contributed by atoms with Crippen LogP contribution in [0.4, 0.5) is 0 Å². The van der Waals surface area contributed by atoms with Crippen LogP contribution in [0.15, 0.2) is 24.3 Å². The summed E-state index contributed by atoms with van der Waals surface area (Å²) in [4.78, 5) is 23.8. The smallest absolute Gasteiger partial charge is 0.207 e. The van der Waals surface area contributed by atoms with Gasteiger partial charge >= 0.3 is 0 Å². The lowest BCUT2D eigenvalue weighted by Crippen LogP contribution is -2.49. The summed E-state index contributed by atoms with van der Waals surface area (Å²) in [6, 6.07) is 9.03. The highest BCUT2D eigenvalue weighted by atomic mass is 16.5. The fourth-order valence-corrected chi connectivity index (χ4v) is 2.80. The van der Waals surface area contributed by atoms with Crippen LogP contribution in [0, 0.1) is 11.3 Å². The molecule has 1 heterocycles. The number of hydrogen-bond acceptors (Lipinski definition) is 5. The molecule has 2 rings (SSSR count). The van der Waals surface area contributed by atoms with Crippen LogP contribution in [0.2, 0.25) is 0 Å². The van der Waals surface area contributed by atoms with Crippen molar-refractivity contribution in [3.63, 3.8) is 0 Å².